The van der Waals surface area contributed by atoms with Crippen molar-refractivity contribution in [3.63, 3.8) is 0 Å². The lowest BCUT2D eigenvalue weighted by Crippen LogP contribution is -2.47. The summed E-state index contributed by atoms with van der Waals surface area (Å²) in [5.41, 5.74) is 5.84. The van der Waals surface area contributed by atoms with Gasteiger partial charge in [0, 0.05) is 6.54 Å². The average molecular weight is 282 g/mol. The van der Waals surface area contributed by atoms with Gasteiger partial charge < -0.3 is 15.4 Å². The zero-order valence-corrected chi connectivity index (χ0v) is 13.1. The highest BCUT2D eigenvalue weighted by molar-refractivity contribution is 6.03. The molecule has 0 saturated heterocycles. The summed E-state index contributed by atoms with van der Waals surface area (Å²) in [6, 6.07) is 0. The number of methoxy groups -OCH3 is 1. The van der Waals surface area contributed by atoms with Crippen molar-refractivity contribution in [3.05, 3.63) is 11.9 Å². The molecule has 0 unspecified atom stereocenters. The maximum Gasteiger partial charge on any atom is 0.204 e. The molecule has 0 saturated carbocycles. The first-order valence-corrected chi connectivity index (χ1v) is 6.97. The molecule has 0 aliphatic carbocycles. The van der Waals surface area contributed by atoms with Crippen LogP contribution in [0.5, 0.6) is 5.75 Å². The van der Waals surface area contributed by atoms with E-state index in [2.05, 4.69) is 5.10 Å². The van der Waals surface area contributed by atoms with E-state index in [1.807, 2.05) is 32.8 Å². The van der Waals surface area contributed by atoms with Gasteiger partial charge in [-0.25, -0.2) is 0 Å². The van der Waals surface area contributed by atoms with Crippen molar-refractivity contribution >= 4 is 5.78 Å². The van der Waals surface area contributed by atoms with Crippen molar-refractivity contribution in [1.82, 2.24) is 14.7 Å². The molecule has 1 rings (SSSR count). The van der Waals surface area contributed by atoms with Crippen LogP contribution in [0.1, 0.15) is 37.2 Å². The summed E-state index contributed by atoms with van der Waals surface area (Å²) >= 11 is 0. The number of hydrogen-bond donors (Lipinski definition) is 1. The normalized spacial score (nSPS) is 11.9. The summed E-state index contributed by atoms with van der Waals surface area (Å²) in [5.74, 6) is 0.390. The summed E-state index contributed by atoms with van der Waals surface area (Å²) in [6.45, 7) is 5.27. The smallest absolute Gasteiger partial charge is 0.204 e. The average Bonchev–Trinajstić information content (AvgIpc) is 2.86. The van der Waals surface area contributed by atoms with Crippen molar-refractivity contribution in [2.24, 2.45) is 5.73 Å². The van der Waals surface area contributed by atoms with Crippen molar-refractivity contribution in [1.29, 1.82) is 0 Å². The van der Waals surface area contributed by atoms with Crippen LogP contribution < -0.4 is 10.5 Å². The fourth-order valence-corrected chi connectivity index (χ4v) is 2.02. The number of aromatic nitrogens is 2. The molecule has 6 nitrogen and oxygen atoms in total. The molecule has 0 amide bonds. The maximum atomic E-state index is 12.8. The third kappa shape index (κ3) is 3.37. The zero-order valence-electron chi connectivity index (χ0n) is 13.1. The van der Waals surface area contributed by atoms with Crippen LogP contribution in [0.2, 0.25) is 0 Å². The van der Waals surface area contributed by atoms with E-state index in [-0.39, 0.29) is 5.78 Å². The van der Waals surface area contributed by atoms with Gasteiger partial charge in [-0.1, -0.05) is 13.8 Å². The third-order valence-corrected chi connectivity index (χ3v) is 3.71. The molecule has 1 aromatic heterocycles. The topological polar surface area (TPSA) is 73.4 Å². The Kier molecular flexibility index (Phi) is 5.71. The molecule has 114 valence electrons. The lowest BCUT2D eigenvalue weighted by molar-refractivity contribution is 0.0864. The number of hydrogen-bond acceptors (Lipinski definition) is 5. The number of nitrogens with two attached hydrogens (primary N) is 1. The fraction of sp³-hybridized carbons (Fsp3) is 0.714. The summed E-state index contributed by atoms with van der Waals surface area (Å²) in [6.07, 6.45) is 2.75. The van der Waals surface area contributed by atoms with Crippen molar-refractivity contribution in [2.75, 3.05) is 27.7 Å². The largest absolute Gasteiger partial charge is 0.493 e. The lowest BCUT2D eigenvalue weighted by atomic mass is 9.87. The van der Waals surface area contributed by atoms with Crippen LogP contribution in [-0.4, -0.2) is 53.8 Å². The Balaban J connectivity index is 3.13. The second kappa shape index (κ2) is 6.85. The van der Waals surface area contributed by atoms with Gasteiger partial charge in [0.2, 0.25) is 5.78 Å². The van der Waals surface area contributed by atoms with E-state index in [0.29, 0.717) is 30.8 Å². The standard InChI is InChI=1S/C14H26N4O2/c1-6-14(15,7-2)13(19)12-11(20-5)10-16-18(12)9-8-17(3)4/h10H,6-9,15H2,1-5H3. The van der Waals surface area contributed by atoms with Crippen molar-refractivity contribution in [2.45, 2.75) is 38.8 Å². The summed E-state index contributed by atoms with van der Waals surface area (Å²) in [4.78, 5) is 14.8. The minimum absolute atomic E-state index is 0.101. The minimum atomic E-state index is -0.858. The van der Waals surface area contributed by atoms with Gasteiger partial charge in [0.05, 0.1) is 25.4 Å². The first-order valence-electron chi connectivity index (χ1n) is 6.97. The highest BCUT2D eigenvalue weighted by Gasteiger charge is 2.35. The second-order valence-electron chi connectivity index (χ2n) is 5.28. The third-order valence-electron chi connectivity index (χ3n) is 3.71. The quantitative estimate of drug-likeness (QED) is 0.724. The van der Waals surface area contributed by atoms with Gasteiger partial charge in [0.1, 0.15) is 5.69 Å². The molecule has 1 aromatic rings. The molecule has 0 atom stereocenters. The van der Waals surface area contributed by atoms with Crippen LogP contribution in [0.15, 0.2) is 6.20 Å². The number of likely N-dealkylation sites (N-methyl/N-ethyl adjacent to an activating group) is 1. The molecule has 0 aliphatic rings. The van der Waals surface area contributed by atoms with Crippen LogP contribution in [0.3, 0.4) is 0 Å². The number of carbonyl (C=O) groups excluding carboxylic acids is 1. The fourth-order valence-electron chi connectivity index (χ4n) is 2.02. The summed E-state index contributed by atoms with van der Waals surface area (Å²) < 4.78 is 6.95. The van der Waals surface area contributed by atoms with Crippen molar-refractivity contribution < 1.29 is 9.53 Å². The predicted octanol–water partition coefficient (Wildman–Crippen LogP) is 1.15. The Hall–Kier alpha value is -1.40. The van der Waals surface area contributed by atoms with Crippen LogP contribution in [0.25, 0.3) is 0 Å². The van der Waals surface area contributed by atoms with Gasteiger partial charge in [-0.15, -0.1) is 0 Å². The number of ketones is 1. The van der Waals surface area contributed by atoms with Gasteiger partial charge in [-0.05, 0) is 26.9 Å². The number of nitrogens with zero attached hydrogens (tertiary/aromatic N) is 3. The Labute approximate surface area is 120 Å². The molecule has 0 aliphatic heterocycles. The van der Waals surface area contributed by atoms with E-state index < -0.39 is 5.54 Å². The molecule has 0 bridgehead atoms. The van der Waals surface area contributed by atoms with E-state index >= 15 is 0 Å². The molecule has 1 heterocycles. The first-order chi connectivity index (χ1) is 9.39. The highest BCUT2D eigenvalue weighted by Crippen LogP contribution is 2.25. The number of Topliss-reactive ketones (excluding diaryl/α,β-unsaturated/α-hetero) is 1. The molecule has 0 fully saturated rings. The van der Waals surface area contributed by atoms with Crippen LogP contribution in [0.4, 0.5) is 0 Å². The van der Waals surface area contributed by atoms with Gasteiger partial charge in [0.15, 0.2) is 5.75 Å². The molecule has 0 radical (unpaired) electrons. The highest BCUT2D eigenvalue weighted by atomic mass is 16.5. The molecule has 6 heteroatoms. The summed E-state index contributed by atoms with van der Waals surface area (Å²) in [7, 11) is 5.50. The van der Waals surface area contributed by atoms with Crippen LogP contribution >= 0.6 is 0 Å². The Bertz CT molecular complexity index is 450. The van der Waals surface area contributed by atoms with Crippen LogP contribution in [0, 0.1) is 0 Å². The predicted molar refractivity (Wildman–Crippen MR) is 79.2 cm³/mol. The zero-order chi connectivity index (χ0) is 15.3. The van der Waals surface area contributed by atoms with Crippen LogP contribution in [-0.2, 0) is 6.54 Å². The Morgan fingerprint density at radius 2 is 2.05 bits per heavy atom. The Morgan fingerprint density at radius 1 is 1.45 bits per heavy atom. The summed E-state index contributed by atoms with van der Waals surface area (Å²) in [5, 5.41) is 4.25. The molecule has 2 N–H and O–H groups in total. The second-order valence-corrected chi connectivity index (χ2v) is 5.28. The molecule has 0 aromatic carbocycles. The van der Waals surface area contributed by atoms with Crippen molar-refractivity contribution in [3.8, 4) is 5.75 Å². The molecular formula is C14H26N4O2. The Morgan fingerprint density at radius 3 is 2.50 bits per heavy atom. The van der Waals surface area contributed by atoms with Gasteiger partial charge in [0.25, 0.3) is 0 Å². The van der Waals surface area contributed by atoms with E-state index in [0.717, 1.165) is 6.54 Å². The van der Waals surface area contributed by atoms with Gasteiger partial charge in [-0.2, -0.15) is 5.10 Å². The first kappa shape index (κ1) is 16.7. The minimum Gasteiger partial charge on any atom is -0.493 e. The molecular weight excluding hydrogens is 256 g/mol. The van der Waals surface area contributed by atoms with Gasteiger partial charge >= 0.3 is 0 Å². The van der Waals surface area contributed by atoms with E-state index in [1.165, 1.54) is 0 Å². The monoisotopic (exact) mass is 282 g/mol. The van der Waals surface area contributed by atoms with E-state index in [1.54, 1.807) is 18.0 Å². The van der Waals surface area contributed by atoms with E-state index in [4.69, 9.17) is 10.5 Å². The lowest BCUT2D eigenvalue weighted by Gasteiger charge is -2.25. The van der Waals surface area contributed by atoms with Gasteiger partial charge in [-0.3, -0.25) is 9.48 Å². The number of carbonyl (C=O) groups is 1. The SMILES string of the molecule is CCC(N)(CC)C(=O)c1c(OC)cnn1CCN(C)C. The van der Waals surface area contributed by atoms with E-state index in [9.17, 15) is 4.79 Å². The number of ether oxygens (including phenoxy) is 1. The molecule has 20 heavy (non-hydrogen) atoms. The molecule has 0 spiro atoms. The number of rotatable bonds is 8. The maximum absolute atomic E-state index is 12.8.